The van der Waals surface area contributed by atoms with Crippen molar-refractivity contribution in [3.8, 4) is 0 Å². The zero-order valence-electron chi connectivity index (χ0n) is 41.1. The number of ketones is 3. The second kappa shape index (κ2) is 35.8. The molecule has 1 aliphatic heterocycles. The van der Waals surface area contributed by atoms with E-state index in [2.05, 4.69) is 31.7 Å². The summed E-state index contributed by atoms with van der Waals surface area (Å²) >= 11 is 0. The first-order chi connectivity index (χ1) is 34.7. The molecule has 0 bridgehead atoms. The van der Waals surface area contributed by atoms with Crippen LogP contribution in [0.25, 0.3) is 0 Å². The Morgan fingerprint density at radius 1 is 0.708 bits per heavy atom. The summed E-state index contributed by atoms with van der Waals surface area (Å²) in [6, 6.07) is 3.78. The molecule has 0 spiro atoms. The highest BCUT2D eigenvalue weighted by Gasteiger charge is 2.32. The second-order valence-corrected chi connectivity index (χ2v) is 17.2. The van der Waals surface area contributed by atoms with Gasteiger partial charge in [-0.2, -0.15) is 0 Å². The van der Waals surface area contributed by atoms with Gasteiger partial charge in [0.05, 0.1) is 83.5 Å². The van der Waals surface area contributed by atoms with E-state index in [1.54, 1.807) is 36.5 Å². The number of unbranched alkanes of at least 4 members (excludes halogenated alkanes) is 3. The number of aliphatic carboxylic acids is 1. The number of amidine groups is 1. The molecule has 1 aromatic carbocycles. The number of hydrogen-bond acceptors (Lipinski definition) is 15. The summed E-state index contributed by atoms with van der Waals surface area (Å²) < 4.78 is 35.9. The van der Waals surface area contributed by atoms with Crippen LogP contribution >= 0.6 is 0 Å². The summed E-state index contributed by atoms with van der Waals surface area (Å²) in [6.45, 7) is 2.17. The molecule has 0 aliphatic carbocycles. The maximum atomic E-state index is 13.9. The van der Waals surface area contributed by atoms with Crippen LogP contribution in [-0.4, -0.2) is 156 Å². The molecule has 1 aliphatic rings. The maximum Gasteiger partial charge on any atom is 0.337 e. The monoisotopic (exact) mass is 1020 g/mol. The number of amides is 5. The molecule has 2 heterocycles. The maximum absolute atomic E-state index is 13.9. The third-order valence-corrected chi connectivity index (χ3v) is 11.1. The Labute approximate surface area is 419 Å². The summed E-state index contributed by atoms with van der Waals surface area (Å²) in [5.74, 6) is -4.40. The van der Waals surface area contributed by atoms with E-state index < -0.39 is 73.1 Å². The molecule has 1 aromatic heterocycles. The lowest BCUT2D eigenvalue weighted by molar-refractivity contribution is -0.141. The molecular formula is C48H73FN10O13. The van der Waals surface area contributed by atoms with E-state index >= 15 is 0 Å². The van der Waals surface area contributed by atoms with E-state index in [0.29, 0.717) is 109 Å². The lowest BCUT2D eigenvalue weighted by atomic mass is 9.99. The Bertz CT molecular complexity index is 2010. The number of aromatic nitrogens is 3. The Balaban J connectivity index is 1.39. The van der Waals surface area contributed by atoms with Gasteiger partial charge in [0.25, 0.3) is 5.91 Å². The molecule has 24 heteroatoms. The number of carboxylic acids is 1. The predicted molar refractivity (Wildman–Crippen MR) is 258 cm³/mol. The number of carbonyl (C=O) groups is 8. The van der Waals surface area contributed by atoms with Gasteiger partial charge in [-0.15, -0.1) is 5.10 Å². The Kier molecular flexibility index (Phi) is 29.9. The fourth-order valence-electron chi connectivity index (χ4n) is 7.28. The lowest BCUT2D eigenvalue weighted by Gasteiger charge is -2.28. The van der Waals surface area contributed by atoms with Crippen LogP contribution in [0.1, 0.15) is 114 Å². The van der Waals surface area contributed by atoms with Crippen molar-refractivity contribution in [1.82, 2.24) is 41.4 Å². The van der Waals surface area contributed by atoms with E-state index in [9.17, 15) is 47.9 Å². The number of ether oxygens (including phenoxy) is 4. The van der Waals surface area contributed by atoms with Gasteiger partial charge >= 0.3 is 12.0 Å². The van der Waals surface area contributed by atoms with Crippen LogP contribution in [0.15, 0.2) is 36.5 Å². The zero-order chi connectivity index (χ0) is 52.4. The van der Waals surface area contributed by atoms with Crippen molar-refractivity contribution in [2.75, 3.05) is 59.5 Å². The van der Waals surface area contributed by atoms with Crippen molar-refractivity contribution >= 4 is 52.9 Å². The Morgan fingerprint density at radius 2 is 1.35 bits per heavy atom. The lowest BCUT2D eigenvalue weighted by Crippen LogP contribution is -2.59. The van der Waals surface area contributed by atoms with Crippen LogP contribution in [0.2, 0.25) is 0 Å². The van der Waals surface area contributed by atoms with Gasteiger partial charge in [-0.05, 0) is 50.5 Å². The number of carboxylic acid groups (broad SMARTS) is 1. The van der Waals surface area contributed by atoms with Crippen LogP contribution in [0.3, 0.4) is 0 Å². The summed E-state index contributed by atoms with van der Waals surface area (Å²) in [4.78, 5) is 104. The number of Topliss-reactive ketones (excluding diaryl/α,β-unsaturated/α-hetero) is 3. The molecule has 72 heavy (non-hydrogen) atoms. The molecule has 400 valence electrons. The zero-order valence-corrected chi connectivity index (χ0v) is 41.1. The molecule has 2 aromatic rings. The van der Waals surface area contributed by atoms with E-state index in [-0.39, 0.29) is 82.2 Å². The number of hydrogen-bond donors (Lipinski definition) is 7. The Morgan fingerprint density at radius 3 is 2.03 bits per heavy atom. The highest BCUT2D eigenvalue weighted by Crippen LogP contribution is 2.14. The van der Waals surface area contributed by atoms with Crippen molar-refractivity contribution in [3.63, 3.8) is 0 Å². The van der Waals surface area contributed by atoms with E-state index in [1.165, 1.54) is 4.68 Å². The largest absolute Gasteiger partial charge is 0.481 e. The normalized spacial score (nSPS) is 17.0. The predicted octanol–water partition coefficient (Wildman–Crippen LogP) is 2.42. The van der Waals surface area contributed by atoms with Gasteiger partial charge in [-0.25, -0.2) is 14.5 Å². The smallest absolute Gasteiger partial charge is 0.337 e. The molecular weight excluding hydrogens is 943 g/mol. The summed E-state index contributed by atoms with van der Waals surface area (Å²) in [7, 11) is 0. The minimum Gasteiger partial charge on any atom is -0.481 e. The highest BCUT2D eigenvalue weighted by molar-refractivity contribution is 5.96. The number of alkyl halides is 1. The first-order valence-corrected chi connectivity index (χ1v) is 24.6. The van der Waals surface area contributed by atoms with Gasteiger partial charge < -0.3 is 45.7 Å². The number of rotatable bonds is 36. The quantitative estimate of drug-likeness (QED) is 0.0293. The van der Waals surface area contributed by atoms with Crippen LogP contribution in [0.4, 0.5) is 9.18 Å². The van der Waals surface area contributed by atoms with Crippen molar-refractivity contribution < 1.29 is 66.8 Å². The van der Waals surface area contributed by atoms with Crippen LogP contribution in [-0.2, 0) is 72.0 Å². The average molecular weight is 1020 g/mol. The first-order valence-electron chi connectivity index (χ1n) is 24.6. The number of urea groups is 1. The Hall–Kier alpha value is -6.24. The van der Waals surface area contributed by atoms with Crippen molar-refractivity contribution in [1.29, 1.82) is 5.41 Å². The summed E-state index contributed by atoms with van der Waals surface area (Å²) in [6.07, 6.45) is 5.11. The number of carbonyl (C=O) groups excluding carboxylic acids is 7. The number of benzene rings is 1. The van der Waals surface area contributed by atoms with Gasteiger partial charge in [0.15, 0.2) is 11.6 Å². The van der Waals surface area contributed by atoms with Gasteiger partial charge in [-0.3, -0.25) is 48.8 Å². The minimum absolute atomic E-state index is 0.00383. The number of nitrogens with one attached hydrogen (secondary N) is 5. The fourth-order valence-corrected chi connectivity index (χ4v) is 7.28. The molecule has 0 saturated carbocycles. The third-order valence-electron chi connectivity index (χ3n) is 11.1. The molecule has 23 nitrogen and oxygen atoms in total. The summed E-state index contributed by atoms with van der Waals surface area (Å²) in [5.41, 5.74) is 9.14. The topological polar surface area (TPSA) is 326 Å². The molecule has 3 atom stereocenters. The van der Waals surface area contributed by atoms with E-state index in [0.717, 1.165) is 5.01 Å². The summed E-state index contributed by atoms with van der Waals surface area (Å²) in [5, 5.41) is 33.5. The number of hydrazine groups is 1. The molecule has 0 radical (unpaired) electrons. The minimum atomic E-state index is -1.60. The van der Waals surface area contributed by atoms with Crippen molar-refractivity contribution in [2.45, 2.75) is 140 Å². The molecule has 8 N–H and O–H groups in total. The molecule has 5 amide bonds. The van der Waals surface area contributed by atoms with Gasteiger partial charge in [0.1, 0.15) is 24.4 Å². The standard InChI is InChI=1S/C48H73FN10O13/c49-22-9-13-36-33-58(57-55-36)34-38(61)15-10-23-69-25-27-71-29-30-72-28-26-70-24-21-37(60)14-5-2-6-17-40-46(66)53-39(16-7-8-18-43(50)51)42(62)19-20-44(63)52-41(31-45(64)65)47(67)56-59(48(68)54-40)32-35-11-3-1-4-12-35/h1,3-4,11-12,33,39-41H,2,5-10,13-32,34H2,(H3,50,51)(H,52,63)(H,53,66)(H,54,68)(H,56,67)(H,64,65)/t39-,40-,41-/m0/s1/i49-1. The molecule has 0 unspecified atom stereocenters. The SMILES string of the molecule is N=C(N)CCCC[C@@H]1NC(=O)[C@H](CCCCCC(=O)CCOCCOCCOCCOCCCC(=O)Cn2cc(CCC[18F])nn2)NC(=O)N(Cc2ccccc2)NC(=O)[C@H](CC(=O)O)NC(=O)CCC1=O. The first kappa shape index (κ1) is 60.1. The molecule has 1 fully saturated rings. The van der Waals surface area contributed by atoms with E-state index in [1.807, 2.05) is 0 Å². The number of halogens is 1. The number of nitrogens with two attached hydrogens (primary N) is 1. The third kappa shape index (κ3) is 26.8. The molecule has 3 rings (SSSR count). The fraction of sp³-hybridized carbons (Fsp3) is 0.646. The van der Waals surface area contributed by atoms with Gasteiger partial charge in [0.2, 0.25) is 11.8 Å². The molecule has 1 saturated heterocycles. The van der Waals surface area contributed by atoms with E-state index in [4.69, 9.17) is 30.1 Å². The highest BCUT2D eigenvalue weighted by atomic mass is 18.2. The van der Waals surface area contributed by atoms with Gasteiger partial charge in [-0.1, -0.05) is 54.8 Å². The van der Waals surface area contributed by atoms with Crippen LogP contribution < -0.4 is 27.1 Å². The van der Waals surface area contributed by atoms with Crippen molar-refractivity contribution in [2.24, 2.45) is 5.73 Å². The van der Waals surface area contributed by atoms with Gasteiger partial charge in [0, 0.05) is 51.3 Å². The second-order valence-electron chi connectivity index (χ2n) is 17.2. The van der Waals surface area contributed by atoms with Crippen molar-refractivity contribution in [3.05, 3.63) is 47.8 Å². The van der Waals surface area contributed by atoms with Crippen LogP contribution in [0, 0.1) is 5.41 Å². The number of aryl methyl sites for hydroxylation is 1. The van der Waals surface area contributed by atoms with Crippen LogP contribution in [0.5, 0.6) is 0 Å². The average Bonchev–Trinajstić information content (AvgIpc) is 3.79. The number of nitrogens with zero attached hydrogens (tertiary/aromatic N) is 4.